The molecule has 2 aliphatic carbocycles. The molecule has 0 aromatic carbocycles. The number of unbranched alkanes of at least 4 members (excludes halogenated alkanes) is 1. The van der Waals surface area contributed by atoms with Crippen LogP contribution in [0, 0.1) is 17.3 Å². The number of hydrogen-bond donors (Lipinski definition) is 2. The van der Waals surface area contributed by atoms with E-state index in [2.05, 4.69) is 17.4 Å². The normalized spacial score (nSPS) is 29.1. The van der Waals surface area contributed by atoms with Crippen molar-refractivity contribution in [3.05, 3.63) is 30.0 Å². The minimum atomic E-state index is -0.476. The summed E-state index contributed by atoms with van der Waals surface area (Å²) >= 11 is 6.50. The quantitative estimate of drug-likeness (QED) is 0.214. The smallest absolute Gasteiger partial charge is 0.305 e. The number of aliphatic hydroxyl groups is 2. The van der Waals surface area contributed by atoms with Crippen molar-refractivity contribution in [3.63, 3.8) is 0 Å². The van der Waals surface area contributed by atoms with E-state index in [0.717, 1.165) is 32.1 Å². The van der Waals surface area contributed by atoms with Crippen LogP contribution in [-0.2, 0) is 9.53 Å². The number of esters is 1. The number of halogens is 1. The lowest BCUT2D eigenvalue weighted by Crippen LogP contribution is -2.40. The van der Waals surface area contributed by atoms with Gasteiger partial charge in [-0.25, -0.2) is 0 Å². The fourth-order valence-corrected chi connectivity index (χ4v) is 5.07. The zero-order valence-electron chi connectivity index (χ0n) is 17.9. The number of aliphatic hydroxyl groups excluding tert-OH is 2. The van der Waals surface area contributed by atoms with E-state index in [9.17, 15) is 15.0 Å². The Balaban J connectivity index is 1.94. The predicted molar refractivity (Wildman–Crippen MR) is 117 cm³/mol. The second kappa shape index (κ2) is 12.0. The van der Waals surface area contributed by atoms with Crippen LogP contribution < -0.4 is 0 Å². The summed E-state index contributed by atoms with van der Waals surface area (Å²) < 4.78 is 4.61. The first-order valence-electron chi connectivity index (χ1n) is 11.1. The number of ether oxygens (including phenoxy) is 1. The van der Waals surface area contributed by atoms with Crippen LogP contribution in [0.3, 0.4) is 0 Å². The first-order chi connectivity index (χ1) is 13.9. The summed E-state index contributed by atoms with van der Waals surface area (Å²) in [5.41, 5.74) is 3.14. The summed E-state index contributed by atoms with van der Waals surface area (Å²) in [5.74, 6) is -0.164. The van der Waals surface area contributed by atoms with Crippen molar-refractivity contribution in [2.45, 2.75) is 88.7 Å². The molecule has 5 atom stereocenters. The highest BCUT2D eigenvalue weighted by Gasteiger charge is 2.43. The maximum Gasteiger partial charge on any atom is 0.305 e. The molecule has 164 valence electrons. The Bertz CT molecular complexity index is 604. The second-order valence-corrected chi connectivity index (χ2v) is 9.20. The van der Waals surface area contributed by atoms with Crippen LogP contribution in [0.15, 0.2) is 30.0 Å². The van der Waals surface area contributed by atoms with Gasteiger partial charge in [-0.15, -0.1) is 17.3 Å². The van der Waals surface area contributed by atoms with E-state index < -0.39 is 12.2 Å². The van der Waals surface area contributed by atoms with Gasteiger partial charge in [0.05, 0.1) is 19.3 Å². The van der Waals surface area contributed by atoms with E-state index in [1.54, 1.807) is 0 Å². The third-order valence-electron chi connectivity index (χ3n) is 6.74. The zero-order valence-corrected chi connectivity index (χ0v) is 18.6. The molecule has 0 heterocycles. The predicted octanol–water partition coefficient (Wildman–Crippen LogP) is 4.92. The Morgan fingerprint density at radius 1 is 1.38 bits per heavy atom. The third kappa shape index (κ3) is 6.72. The van der Waals surface area contributed by atoms with Crippen molar-refractivity contribution in [1.82, 2.24) is 0 Å². The maximum absolute atomic E-state index is 11.1. The van der Waals surface area contributed by atoms with Gasteiger partial charge >= 0.3 is 5.97 Å². The molecule has 0 unspecified atom stereocenters. The minimum Gasteiger partial charge on any atom is -0.469 e. The molecular weight excluding hydrogens is 388 g/mol. The highest BCUT2D eigenvalue weighted by molar-refractivity contribution is 6.21. The highest BCUT2D eigenvalue weighted by Crippen LogP contribution is 2.49. The number of hydrogen-bond acceptors (Lipinski definition) is 4. The van der Waals surface area contributed by atoms with Gasteiger partial charge in [0.2, 0.25) is 0 Å². The van der Waals surface area contributed by atoms with Gasteiger partial charge in [0, 0.05) is 17.7 Å². The van der Waals surface area contributed by atoms with Crippen LogP contribution in [-0.4, -0.2) is 40.9 Å². The fraction of sp³-hybridized carbons (Fsp3) is 0.750. The fourth-order valence-electron chi connectivity index (χ4n) is 4.62. The molecule has 2 N–H and O–H groups in total. The number of allylic oxidation sites excluding steroid dienone is 1. The third-order valence-corrected chi connectivity index (χ3v) is 7.24. The van der Waals surface area contributed by atoms with E-state index in [4.69, 9.17) is 11.6 Å². The Kier molecular flexibility index (Phi) is 9.98. The van der Waals surface area contributed by atoms with Gasteiger partial charge in [0.15, 0.2) is 0 Å². The Hall–Kier alpha value is -1.06. The Morgan fingerprint density at radius 3 is 2.76 bits per heavy atom. The second-order valence-electron chi connectivity index (χ2n) is 8.63. The molecule has 0 bridgehead atoms. The molecule has 0 saturated heterocycles. The molecule has 4 nitrogen and oxygen atoms in total. The van der Waals surface area contributed by atoms with E-state index in [1.807, 2.05) is 24.3 Å². The Morgan fingerprint density at radius 2 is 2.14 bits per heavy atom. The first kappa shape index (κ1) is 24.2. The lowest BCUT2D eigenvalue weighted by atomic mass is 9.62. The summed E-state index contributed by atoms with van der Waals surface area (Å²) in [6, 6.07) is 0. The molecule has 2 fully saturated rings. The molecule has 2 rings (SSSR count). The number of methoxy groups -OCH3 is 1. The van der Waals surface area contributed by atoms with Gasteiger partial charge in [-0.05, 0) is 62.0 Å². The molecule has 2 aliphatic rings. The van der Waals surface area contributed by atoms with Crippen molar-refractivity contribution in [1.29, 1.82) is 0 Å². The number of carbonyl (C=O) groups excluding carboxylic acids is 1. The molecule has 2 saturated carbocycles. The molecule has 0 radical (unpaired) electrons. The highest BCUT2D eigenvalue weighted by atomic mass is 35.5. The largest absolute Gasteiger partial charge is 0.469 e. The average molecular weight is 425 g/mol. The van der Waals surface area contributed by atoms with Gasteiger partial charge in [-0.2, -0.15) is 0 Å². The molecule has 0 spiro atoms. The summed E-state index contributed by atoms with van der Waals surface area (Å²) in [5, 5.41) is 21.2. The van der Waals surface area contributed by atoms with Crippen LogP contribution >= 0.6 is 11.6 Å². The van der Waals surface area contributed by atoms with Crippen LogP contribution in [0.2, 0.25) is 0 Å². The van der Waals surface area contributed by atoms with Gasteiger partial charge in [0.1, 0.15) is 0 Å². The lowest BCUT2D eigenvalue weighted by molar-refractivity contribution is -0.140. The van der Waals surface area contributed by atoms with E-state index in [1.165, 1.54) is 13.5 Å². The molecule has 0 aromatic rings. The standard InChI is InChI=1S/C24H37ClO4/c1-3-4-14-24(15-9-16-24)22(27)13-12-19-18(20(25)17-21(19)26)10-7-5-6-8-11-23(28)29-2/h6-7,12-13,18-22,26-27H,3-4,8-11,14-17H2,1-2H3/b13-12+/t5?,18-,19-,20-,21-,22-/m1/s1. The van der Waals surface area contributed by atoms with Gasteiger partial charge < -0.3 is 14.9 Å². The van der Waals surface area contributed by atoms with Crippen LogP contribution in [0.4, 0.5) is 0 Å². The van der Waals surface area contributed by atoms with Gasteiger partial charge in [-0.3, -0.25) is 4.79 Å². The summed E-state index contributed by atoms with van der Waals surface area (Å²) in [6.45, 7) is 2.19. The maximum atomic E-state index is 11.1. The summed E-state index contributed by atoms with van der Waals surface area (Å²) in [7, 11) is 1.38. The number of alkyl halides is 1. The van der Waals surface area contributed by atoms with Crippen LogP contribution in [0.5, 0.6) is 0 Å². The van der Waals surface area contributed by atoms with Crippen molar-refractivity contribution in [3.8, 4) is 0 Å². The number of carbonyl (C=O) groups is 1. The lowest BCUT2D eigenvalue weighted by Gasteiger charge is -2.45. The zero-order chi connectivity index (χ0) is 21.3. The molecule has 0 amide bonds. The van der Waals surface area contributed by atoms with Crippen LogP contribution in [0.1, 0.15) is 71.1 Å². The summed E-state index contributed by atoms with van der Waals surface area (Å²) in [4.78, 5) is 11.1. The Labute approximate surface area is 180 Å². The molecule has 0 aromatic heterocycles. The van der Waals surface area contributed by atoms with Gasteiger partial charge in [-0.1, -0.05) is 38.3 Å². The molecule has 0 aliphatic heterocycles. The van der Waals surface area contributed by atoms with Crippen molar-refractivity contribution >= 4 is 17.6 Å². The van der Waals surface area contributed by atoms with E-state index in [-0.39, 0.29) is 28.6 Å². The molecular formula is C24H37ClO4. The average Bonchev–Trinajstić information content (AvgIpc) is 2.94. The summed E-state index contributed by atoms with van der Waals surface area (Å²) in [6.07, 6.45) is 15.7. The van der Waals surface area contributed by atoms with Crippen molar-refractivity contribution in [2.75, 3.05) is 7.11 Å². The van der Waals surface area contributed by atoms with Crippen molar-refractivity contribution < 1.29 is 19.7 Å². The molecule has 5 heteroatoms. The van der Waals surface area contributed by atoms with Gasteiger partial charge in [0.25, 0.3) is 0 Å². The van der Waals surface area contributed by atoms with Crippen LogP contribution in [0.25, 0.3) is 0 Å². The monoisotopic (exact) mass is 424 g/mol. The first-order valence-corrected chi connectivity index (χ1v) is 11.5. The minimum absolute atomic E-state index is 0.0359. The molecule has 29 heavy (non-hydrogen) atoms. The van der Waals surface area contributed by atoms with E-state index >= 15 is 0 Å². The van der Waals surface area contributed by atoms with E-state index in [0.29, 0.717) is 25.7 Å². The SMILES string of the molecule is CCCCC1([C@H](O)/C=C/[C@@H]2[C@@H](CC=C=CCCC(=O)OC)[C@H](Cl)C[C@H]2O)CCC1. The number of rotatable bonds is 11. The topological polar surface area (TPSA) is 66.8 Å². The van der Waals surface area contributed by atoms with Crippen molar-refractivity contribution in [2.24, 2.45) is 17.3 Å².